The first-order valence-corrected chi connectivity index (χ1v) is 11.3. The molecule has 1 unspecified atom stereocenters. The van der Waals surface area contributed by atoms with Crippen molar-refractivity contribution in [2.75, 3.05) is 38.2 Å². The fourth-order valence-corrected chi connectivity index (χ4v) is 4.28. The van der Waals surface area contributed by atoms with Crippen molar-refractivity contribution in [3.8, 4) is 5.75 Å². The molecule has 5 nitrogen and oxygen atoms in total. The molecular weight excluding hydrogens is 386 g/mol. The highest BCUT2D eigenvalue weighted by molar-refractivity contribution is 5.94. The van der Waals surface area contributed by atoms with Gasteiger partial charge in [0.25, 0.3) is 5.91 Å². The molecule has 168 valence electrons. The Kier molecular flexibility index (Phi) is 7.26. The number of rotatable bonds is 7. The fourth-order valence-electron chi connectivity index (χ4n) is 4.28. The van der Waals surface area contributed by atoms with Crippen molar-refractivity contribution in [1.82, 2.24) is 10.2 Å². The normalized spacial score (nSPS) is 18.0. The van der Waals surface area contributed by atoms with E-state index in [1.807, 2.05) is 30.9 Å². The number of benzene rings is 2. The Labute approximate surface area is 187 Å². The standard InChI is InChI=1S/C26H37N3O2/c1-7-28(8-2)25(30)22-12-9-20(10-13-22)15-21-11-14-23(24(16-21)31-6)29-17-19(3)27-18-26(29,4)5/h9-14,16,19,27H,7-8,15,17-18H2,1-6H3. The summed E-state index contributed by atoms with van der Waals surface area (Å²) in [5.74, 6) is 1.00. The van der Waals surface area contributed by atoms with Crippen LogP contribution in [0.1, 0.15) is 56.1 Å². The third kappa shape index (κ3) is 5.21. The molecule has 31 heavy (non-hydrogen) atoms. The van der Waals surface area contributed by atoms with E-state index in [0.29, 0.717) is 6.04 Å². The predicted molar refractivity (Wildman–Crippen MR) is 128 cm³/mol. The number of hydrogen-bond donors (Lipinski definition) is 1. The van der Waals surface area contributed by atoms with Crippen molar-refractivity contribution in [1.29, 1.82) is 0 Å². The smallest absolute Gasteiger partial charge is 0.253 e. The van der Waals surface area contributed by atoms with Gasteiger partial charge < -0.3 is 19.9 Å². The largest absolute Gasteiger partial charge is 0.495 e. The average Bonchev–Trinajstić information content (AvgIpc) is 2.77. The maximum atomic E-state index is 12.5. The molecule has 1 aliphatic rings. The molecule has 1 atom stereocenters. The molecule has 0 aromatic heterocycles. The van der Waals surface area contributed by atoms with Crippen molar-refractivity contribution in [3.05, 3.63) is 59.2 Å². The SMILES string of the molecule is CCN(CC)C(=O)c1ccc(Cc2ccc(N3CC(C)NCC3(C)C)c(OC)c2)cc1. The number of methoxy groups -OCH3 is 1. The Bertz CT molecular complexity index is 888. The highest BCUT2D eigenvalue weighted by atomic mass is 16.5. The molecule has 0 spiro atoms. The zero-order chi connectivity index (χ0) is 22.6. The molecule has 3 rings (SSSR count). The van der Waals surface area contributed by atoms with Gasteiger partial charge >= 0.3 is 0 Å². The van der Waals surface area contributed by atoms with E-state index >= 15 is 0 Å². The minimum absolute atomic E-state index is 0.0224. The van der Waals surface area contributed by atoms with Crippen LogP contribution >= 0.6 is 0 Å². The van der Waals surface area contributed by atoms with E-state index in [4.69, 9.17) is 4.74 Å². The summed E-state index contributed by atoms with van der Waals surface area (Å²) in [5.41, 5.74) is 4.29. The molecule has 0 radical (unpaired) electrons. The first-order chi connectivity index (χ1) is 14.8. The third-order valence-electron chi connectivity index (χ3n) is 6.26. The second-order valence-corrected chi connectivity index (χ2v) is 9.06. The molecule has 1 amide bonds. The van der Waals surface area contributed by atoms with E-state index in [9.17, 15) is 4.79 Å². The van der Waals surface area contributed by atoms with Crippen LogP contribution in [-0.4, -0.2) is 55.7 Å². The van der Waals surface area contributed by atoms with Gasteiger partial charge in [-0.1, -0.05) is 18.2 Å². The highest BCUT2D eigenvalue weighted by Crippen LogP contribution is 2.35. The van der Waals surface area contributed by atoms with E-state index < -0.39 is 0 Å². The highest BCUT2D eigenvalue weighted by Gasteiger charge is 2.34. The first kappa shape index (κ1) is 23.1. The summed E-state index contributed by atoms with van der Waals surface area (Å²) in [6.45, 7) is 14.1. The molecule has 2 aromatic rings. The second-order valence-electron chi connectivity index (χ2n) is 9.06. The summed E-state index contributed by atoms with van der Waals surface area (Å²) in [7, 11) is 1.74. The summed E-state index contributed by atoms with van der Waals surface area (Å²) >= 11 is 0. The third-order valence-corrected chi connectivity index (χ3v) is 6.26. The zero-order valence-electron chi connectivity index (χ0n) is 19.9. The van der Waals surface area contributed by atoms with Crippen molar-refractivity contribution >= 4 is 11.6 Å². The van der Waals surface area contributed by atoms with Gasteiger partial charge in [0.2, 0.25) is 0 Å². The van der Waals surface area contributed by atoms with Crippen molar-refractivity contribution in [2.45, 2.75) is 52.6 Å². The monoisotopic (exact) mass is 423 g/mol. The van der Waals surface area contributed by atoms with Crippen LogP contribution in [0.5, 0.6) is 5.75 Å². The molecule has 0 aliphatic carbocycles. The summed E-state index contributed by atoms with van der Waals surface area (Å²) in [6, 6.07) is 14.9. The molecule has 5 heteroatoms. The maximum absolute atomic E-state index is 12.5. The topological polar surface area (TPSA) is 44.8 Å². The Balaban J connectivity index is 1.78. The zero-order valence-corrected chi connectivity index (χ0v) is 19.9. The number of amides is 1. The number of carbonyl (C=O) groups is 1. The van der Waals surface area contributed by atoms with E-state index in [1.54, 1.807) is 7.11 Å². The van der Waals surface area contributed by atoms with Crippen LogP contribution in [-0.2, 0) is 6.42 Å². The second kappa shape index (κ2) is 9.73. The van der Waals surface area contributed by atoms with Gasteiger partial charge in [0.1, 0.15) is 5.75 Å². The van der Waals surface area contributed by atoms with E-state index in [2.05, 4.69) is 61.3 Å². The quantitative estimate of drug-likeness (QED) is 0.719. The molecule has 0 saturated carbocycles. The van der Waals surface area contributed by atoms with Crippen LogP contribution in [0.3, 0.4) is 0 Å². The van der Waals surface area contributed by atoms with Gasteiger partial charge in [-0.05, 0) is 76.4 Å². The summed E-state index contributed by atoms with van der Waals surface area (Å²) in [6.07, 6.45) is 0.803. The summed E-state index contributed by atoms with van der Waals surface area (Å²) in [4.78, 5) is 16.8. The molecule has 1 heterocycles. The van der Waals surface area contributed by atoms with E-state index in [1.165, 1.54) is 11.1 Å². The fraction of sp³-hybridized carbons (Fsp3) is 0.500. The van der Waals surface area contributed by atoms with Crippen molar-refractivity contribution in [3.63, 3.8) is 0 Å². The lowest BCUT2D eigenvalue weighted by molar-refractivity contribution is 0.0773. The molecular formula is C26H37N3O2. The van der Waals surface area contributed by atoms with Gasteiger partial charge in [0, 0.05) is 43.3 Å². The van der Waals surface area contributed by atoms with Gasteiger partial charge in [-0.3, -0.25) is 4.79 Å². The lowest BCUT2D eigenvalue weighted by Gasteiger charge is -2.47. The maximum Gasteiger partial charge on any atom is 0.253 e. The molecule has 1 N–H and O–H groups in total. The van der Waals surface area contributed by atoms with Crippen LogP contribution in [0.25, 0.3) is 0 Å². The van der Waals surface area contributed by atoms with Crippen LogP contribution in [0, 0.1) is 0 Å². The number of piperazine rings is 1. The van der Waals surface area contributed by atoms with Crippen LogP contribution in [0.15, 0.2) is 42.5 Å². The van der Waals surface area contributed by atoms with Gasteiger partial charge in [-0.15, -0.1) is 0 Å². The molecule has 1 fully saturated rings. The number of nitrogens with zero attached hydrogens (tertiary/aromatic N) is 2. The Morgan fingerprint density at radius 2 is 1.77 bits per heavy atom. The van der Waals surface area contributed by atoms with Crippen LogP contribution in [0.2, 0.25) is 0 Å². The lowest BCUT2D eigenvalue weighted by Crippen LogP contribution is -2.61. The Hall–Kier alpha value is -2.53. The van der Waals surface area contributed by atoms with Gasteiger partial charge in [0.15, 0.2) is 0 Å². The van der Waals surface area contributed by atoms with Crippen molar-refractivity contribution in [2.24, 2.45) is 0 Å². The van der Waals surface area contributed by atoms with Gasteiger partial charge in [0.05, 0.1) is 12.8 Å². The van der Waals surface area contributed by atoms with Gasteiger partial charge in [-0.25, -0.2) is 0 Å². The molecule has 1 aliphatic heterocycles. The predicted octanol–water partition coefficient (Wildman–Crippen LogP) is 4.34. The Morgan fingerprint density at radius 3 is 2.39 bits per heavy atom. The Morgan fingerprint density at radius 1 is 1.13 bits per heavy atom. The summed E-state index contributed by atoms with van der Waals surface area (Å²) in [5, 5.41) is 3.57. The number of hydrogen-bond acceptors (Lipinski definition) is 4. The molecule has 2 aromatic carbocycles. The molecule has 1 saturated heterocycles. The minimum atomic E-state index is 0.0224. The number of ether oxygens (including phenoxy) is 1. The first-order valence-electron chi connectivity index (χ1n) is 11.3. The van der Waals surface area contributed by atoms with E-state index in [-0.39, 0.29) is 11.4 Å². The van der Waals surface area contributed by atoms with Crippen molar-refractivity contribution < 1.29 is 9.53 Å². The number of carbonyl (C=O) groups excluding carboxylic acids is 1. The molecule has 0 bridgehead atoms. The average molecular weight is 424 g/mol. The van der Waals surface area contributed by atoms with Crippen LogP contribution in [0.4, 0.5) is 5.69 Å². The van der Waals surface area contributed by atoms with Gasteiger partial charge in [-0.2, -0.15) is 0 Å². The lowest BCUT2D eigenvalue weighted by atomic mass is 9.95. The number of nitrogens with one attached hydrogen (secondary N) is 1. The van der Waals surface area contributed by atoms with E-state index in [0.717, 1.165) is 49.6 Å². The number of anilines is 1. The van der Waals surface area contributed by atoms with Crippen LogP contribution < -0.4 is 15.0 Å². The summed E-state index contributed by atoms with van der Waals surface area (Å²) < 4.78 is 5.79. The minimum Gasteiger partial charge on any atom is -0.495 e.